The standard InChI is InChI=1S/C20H18N2O4S/c1-12-18(13(2)26-21-12)20-19(14-7-9-15(23)10-8-14)16-5-3-4-6-17(16)22(20)11-27(24)25/h3-10,23,27H,11H2,1-2H3. The number of hydrogen-bond donors (Lipinski definition) is 2. The van der Waals surface area contributed by atoms with Crippen LogP contribution in [0.4, 0.5) is 0 Å². The Labute approximate surface area is 157 Å². The van der Waals surface area contributed by atoms with Crippen LogP contribution in [0.5, 0.6) is 5.75 Å². The maximum Gasteiger partial charge on any atom is 0.158 e. The van der Waals surface area contributed by atoms with Crippen LogP contribution in [-0.4, -0.2) is 23.2 Å². The summed E-state index contributed by atoms with van der Waals surface area (Å²) in [6.07, 6.45) is 0. The number of aromatic hydroxyl groups is 1. The van der Waals surface area contributed by atoms with Gasteiger partial charge in [-0.1, -0.05) is 35.5 Å². The van der Waals surface area contributed by atoms with E-state index in [0.29, 0.717) is 11.5 Å². The molecule has 0 radical (unpaired) electrons. The van der Waals surface area contributed by atoms with Crippen molar-refractivity contribution in [3.05, 3.63) is 60.0 Å². The Morgan fingerprint density at radius 3 is 2.37 bits per heavy atom. The highest BCUT2D eigenvalue weighted by molar-refractivity contribution is 7.71. The molecule has 0 saturated carbocycles. The molecule has 0 amide bonds. The first-order valence-electron chi connectivity index (χ1n) is 8.43. The lowest BCUT2D eigenvalue weighted by Crippen LogP contribution is -2.02. The number of nitrogens with zero attached hydrogens (tertiary/aromatic N) is 2. The summed E-state index contributed by atoms with van der Waals surface area (Å²) in [6.45, 7) is 3.65. The van der Waals surface area contributed by atoms with Crippen molar-refractivity contribution in [2.24, 2.45) is 0 Å². The molecule has 1 N–H and O–H groups in total. The normalized spacial score (nSPS) is 11.5. The number of rotatable bonds is 4. The SMILES string of the molecule is Cc1noc(C)c1-c1c(-c2ccc(O)cc2)c2ccccc2n1C[SH](=O)=O. The van der Waals surface area contributed by atoms with E-state index in [-0.39, 0.29) is 11.6 Å². The van der Waals surface area contributed by atoms with Crippen LogP contribution in [-0.2, 0) is 16.6 Å². The fraction of sp³-hybridized carbons (Fsp3) is 0.150. The molecule has 0 spiro atoms. The first kappa shape index (κ1) is 17.4. The van der Waals surface area contributed by atoms with Crippen molar-refractivity contribution in [3.8, 4) is 28.1 Å². The Hall–Kier alpha value is -3.06. The quantitative estimate of drug-likeness (QED) is 0.524. The Bertz CT molecular complexity index is 1190. The molecule has 0 aliphatic heterocycles. The average molecular weight is 382 g/mol. The molecule has 0 bridgehead atoms. The van der Waals surface area contributed by atoms with Crippen molar-refractivity contribution in [1.82, 2.24) is 9.72 Å². The molecule has 0 unspecified atom stereocenters. The molecule has 0 atom stereocenters. The summed E-state index contributed by atoms with van der Waals surface area (Å²) >= 11 is 0. The molecule has 6 nitrogen and oxygen atoms in total. The van der Waals surface area contributed by atoms with Gasteiger partial charge in [0.1, 0.15) is 17.4 Å². The summed E-state index contributed by atoms with van der Waals surface area (Å²) in [5.74, 6) is 0.648. The van der Waals surface area contributed by atoms with Gasteiger partial charge >= 0.3 is 0 Å². The van der Waals surface area contributed by atoms with Gasteiger partial charge in [0.05, 0.1) is 22.5 Å². The fourth-order valence-electron chi connectivity index (χ4n) is 3.57. The van der Waals surface area contributed by atoms with Gasteiger partial charge in [0.2, 0.25) is 0 Å². The monoisotopic (exact) mass is 382 g/mol. The molecular weight excluding hydrogens is 364 g/mol. The van der Waals surface area contributed by atoms with Gasteiger partial charge in [-0.05, 0) is 37.6 Å². The third-order valence-electron chi connectivity index (χ3n) is 4.65. The Balaban J connectivity index is 2.18. The lowest BCUT2D eigenvalue weighted by Gasteiger charge is -2.10. The zero-order chi connectivity index (χ0) is 19.1. The van der Waals surface area contributed by atoms with E-state index >= 15 is 0 Å². The Kier molecular flexibility index (Phi) is 4.24. The van der Waals surface area contributed by atoms with Gasteiger partial charge in [-0.2, -0.15) is 0 Å². The van der Waals surface area contributed by atoms with E-state index in [9.17, 15) is 13.5 Å². The Morgan fingerprint density at radius 2 is 1.74 bits per heavy atom. The van der Waals surface area contributed by atoms with Crippen LogP contribution in [0.2, 0.25) is 0 Å². The van der Waals surface area contributed by atoms with Crippen molar-refractivity contribution in [1.29, 1.82) is 0 Å². The van der Waals surface area contributed by atoms with Gasteiger partial charge in [0.25, 0.3) is 0 Å². The number of phenolic OH excluding ortho intramolecular Hbond substituents is 1. The zero-order valence-electron chi connectivity index (χ0n) is 14.8. The van der Waals surface area contributed by atoms with Crippen molar-refractivity contribution in [2.45, 2.75) is 19.7 Å². The summed E-state index contributed by atoms with van der Waals surface area (Å²) in [7, 11) is -2.65. The molecule has 0 saturated heterocycles. The average Bonchev–Trinajstić information content (AvgIpc) is 3.13. The van der Waals surface area contributed by atoms with Crippen LogP contribution >= 0.6 is 0 Å². The summed E-state index contributed by atoms with van der Waals surface area (Å²) in [4.78, 5) is 0. The van der Waals surface area contributed by atoms with Crippen LogP contribution in [0.15, 0.2) is 53.1 Å². The number of aromatic nitrogens is 2. The van der Waals surface area contributed by atoms with Crippen LogP contribution in [0.3, 0.4) is 0 Å². The molecule has 138 valence electrons. The van der Waals surface area contributed by atoms with Crippen molar-refractivity contribution >= 4 is 21.6 Å². The number of hydrogen-bond acceptors (Lipinski definition) is 5. The van der Waals surface area contributed by atoms with Crippen LogP contribution in [0.1, 0.15) is 11.5 Å². The summed E-state index contributed by atoms with van der Waals surface area (Å²) in [5, 5.41) is 14.7. The third-order valence-corrected chi connectivity index (χ3v) is 5.17. The lowest BCUT2D eigenvalue weighted by atomic mass is 9.97. The maximum atomic E-state index is 11.6. The van der Waals surface area contributed by atoms with Crippen molar-refractivity contribution in [3.63, 3.8) is 0 Å². The summed E-state index contributed by atoms with van der Waals surface area (Å²) in [5.41, 5.74) is 4.80. The van der Waals surface area contributed by atoms with Gasteiger partial charge in [0.15, 0.2) is 10.7 Å². The van der Waals surface area contributed by atoms with Crippen LogP contribution < -0.4 is 0 Å². The minimum absolute atomic E-state index is 0.146. The first-order chi connectivity index (χ1) is 13.0. The molecule has 2 heterocycles. The van der Waals surface area contributed by atoms with E-state index in [4.69, 9.17) is 4.52 Å². The third kappa shape index (κ3) is 2.90. The minimum atomic E-state index is -2.65. The number of fused-ring (bicyclic) bond motifs is 1. The molecule has 0 fully saturated rings. The maximum absolute atomic E-state index is 11.6. The van der Waals surface area contributed by atoms with Gasteiger partial charge in [-0.3, -0.25) is 0 Å². The van der Waals surface area contributed by atoms with E-state index in [2.05, 4.69) is 5.16 Å². The van der Waals surface area contributed by atoms with Gasteiger partial charge in [0, 0.05) is 10.9 Å². The molecule has 27 heavy (non-hydrogen) atoms. The minimum Gasteiger partial charge on any atom is -0.508 e. The van der Waals surface area contributed by atoms with Gasteiger partial charge in [-0.25, -0.2) is 8.42 Å². The predicted molar refractivity (Wildman–Crippen MR) is 104 cm³/mol. The fourth-order valence-corrected chi connectivity index (χ4v) is 4.09. The molecule has 4 rings (SSSR count). The smallest absolute Gasteiger partial charge is 0.158 e. The lowest BCUT2D eigenvalue weighted by molar-refractivity contribution is 0.393. The highest BCUT2D eigenvalue weighted by atomic mass is 32.2. The molecule has 7 heteroatoms. The highest BCUT2D eigenvalue weighted by Crippen LogP contribution is 2.43. The molecule has 0 aliphatic carbocycles. The van der Waals surface area contributed by atoms with E-state index in [1.54, 1.807) is 16.7 Å². The topological polar surface area (TPSA) is 85.3 Å². The molecule has 2 aromatic heterocycles. The molecular formula is C20H18N2O4S. The zero-order valence-corrected chi connectivity index (χ0v) is 15.7. The molecule has 0 aliphatic rings. The largest absolute Gasteiger partial charge is 0.508 e. The van der Waals surface area contributed by atoms with E-state index < -0.39 is 10.7 Å². The predicted octanol–water partition coefficient (Wildman–Crippen LogP) is 3.85. The van der Waals surface area contributed by atoms with Gasteiger partial charge in [-0.15, -0.1) is 0 Å². The first-order valence-corrected chi connectivity index (χ1v) is 9.79. The number of benzene rings is 2. The number of thiol groups is 1. The number of aryl methyl sites for hydroxylation is 2. The summed E-state index contributed by atoms with van der Waals surface area (Å²) in [6, 6.07) is 14.5. The second-order valence-electron chi connectivity index (χ2n) is 6.39. The number of para-hydroxylation sites is 1. The molecule has 2 aromatic carbocycles. The van der Waals surface area contributed by atoms with E-state index in [1.165, 1.54) is 0 Å². The number of phenols is 1. The van der Waals surface area contributed by atoms with Crippen LogP contribution in [0, 0.1) is 13.8 Å². The second kappa shape index (κ2) is 6.59. The second-order valence-corrected chi connectivity index (χ2v) is 7.34. The van der Waals surface area contributed by atoms with E-state index in [1.807, 2.05) is 50.2 Å². The highest BCUT2D eigenvalue weighted by Gasteiger charge is 2.25. The van der Waals surface area contributed by atoms with Gasteiger partial charge < -0.3 is 14.2 Å². The van der Waals surface area contributed by atoms with Crippen LogP contribution in [0.25, 0.3) is 33.3 Å². The van der Waals surface area contributed by atoms with Crippen molar-refractivity contribution in [2.75, 3.05) is 0 Å². The van der Waals surface area contributed by atoms with Crippen molar-refractivity contribution < 1.29 is 18.0 Å². The Morgan fingerprint density at radius 1 is 1.04 bits per heavy atom. The summed E-state index contributed by atoms with van der Waals surface area (Å²) < 4.78 is 30.4. The molecule has 4 aromatic rings. The van der Waals surface area contributed by atoms with E-state index in [0.717, 1.165) is 33.3 Å².